The fraction of sp³-hybridized carbons (Fsp3) is 0.302. The van der Waals surface area contributed by atoms with Gasteiger partial charge in [0.05, 0.1) is 24.5 Å². The molecule has 0 atom stereocenters. The van der Waals surface area contributed by atoms with Crippen LogP contribution in [0.1, 0.15) is 219 Å². The Morgan fingerprint density at radius 2 is 0.607 bits per heavy atom. The number of anilines is 12. The quantitative estimate of drug-likeness (QED) is 0.0690. The third-order valence-corrected chi connectivity index (χ3v) is 23.6. The van der Waals surface area contributed by atoms with Gasteiger partial charge in [0.1, 0.15) is 0 Å². The lowest BCUT2D eigenvalue weighted by molar-refractivity contribution is 0.590. The van der Waals surface area contributed by atoms with Crippen molar-refractivity contribution in [3.05, 3.63) is 350 Å². The molecule has 0 spiro atoms. The number of nitrogens with zero attached hydrogens (tertiary/aromatic N) is 6. The van der Waals surface area contributed by atoms with Crippen LogP contribution >= 0.6 is 67.1 Å². The Labute approximate surface area is 742 Å². The highest BCUT2D eigenvalue weighted by molar-refractivity contribution is 14.4. The van der Waals surface area contributed by atoms with Crippen LogP contribution in [-0.4, -0.2) is 6.99 Å². The number of rotatable bonds is 12. The fourth-order valence-electron chi connectivity index (χ4n) is 16.4. The Bertz CT molecular complexity index is 5620. The van der Waals surface area contributed by atoms with E-state index in [1.54, 1.807) is 0 Å². The van der Waals surface area contributed by atoms with Gasteiger partial charge < -0.3 is 19.6 Å². The normalized spacial score (nSPS) is 12.8. The molecule has 0 N–H and O–H groups in total. The first-order valence-corrected chi connectivity index (χ1v) is 44.8. The minimum Gasteiger partial charge on any atom is -0.321 e. The van der Waals surface area contributed by atoms with Crippen molar-refractivity contribution >= 4 is 170 Å². The second-order valence-corrected chi connectivity index (χ2v) is 50.0. The van der Waals surface area contributed by atoms with Crippen molar-refractivity contribution in [1.82, 2.24) is 0 Å². The highest BCUT2D eigenvalue weighted by atomic mass is 127. The van der Waals surface area contributed by atoms with Crippen molar-refractivity contribution in [1.29, 1.82) is 0 Å². The van der Waals surface area contributed by atoms with E-state index < -0.39 is 0 Å². The zero-order chi connectivity index (χ0) is 85.0. The Hall–Kier alpha value is -8.86. The molecular weight excluding hydrogens is 1760 g/mol. The van der Waals surface area contributed by atoms with Gasteiger partial charge in [-0.1, -0.05) is 310 Å². The molecule has 6 nitrogen and oxygen atoms in total. The van der Waals surface area contributed by atoms with Crippen LogP contribution in [0.25, 0.3) is 9.69 Å². The summed E-state index contributed by atoms with van der Waals surface area (Å²) in [5, 5.41) is 0. The molecule has 0 unspecified atom stereocenters. The molecule has 14 rings (SSSR count). The molecule has 11 heteroatoms. The van der Waals surface area contributed by atoms with Crippen LogP contribution in [0.4, 0.5) is 79.6 Å². The molecule has 2 aliphatic rings. The van der Waals surface area contributed by atoms with Gasteiger partial charge in [-0.25, -0.2) is 9.69 Å². The van der Waals surface area contributed by atoms with Crippen LogP contribution in [0.3, 0.4) is 0 Å². The van der Waals surface area contributed by atoms with E-state index in [0.29, 0.717) is 11.4 Å². The number of hydrogen-bond donors (Lipinski definition) is 0. The molecule has 0 fully saturated rings. The predicted molar refractivity (Wildman–Crippen MR) is 535 cm³/mol. The summed E-state index contributed by atoms with van der Waals surface area (Å²) in [6.45, 7) is 71.4. The standard InChI is InChI=1S/C53H56BN3.C53H59N3.BI3/c1-34-29-47-49-48(30-34)57(46-28-23-39(33-43(46)55-13)53(11,12)36-17-15-14-16-18-36)45-27-22-38(52(8,9)10)32-42(45)54(49)41-31-37(51(5,6)7)21-26-44(41)56(47)40-24-19-35(20-25-40)50(2,3)4;1-37-33-46(55(43-26-19-38(20-27-43)50(2,3)4)44-28-21-39(22-29-44)51(5,6)7)36-47(34-37)56(45-30-23-40(24-31-45)52(8,9)10)49-32-25-42(35-48(49)54-13)53(11,12)41-17-15-14-16-18-41;2-1(3)4/h14-33H,1-12H3;14-36H,1-12H3;. The number of halogens is 3. The molecular formula is C106H115B2I3N6. The summed E-state index contributed by atoms with van der Waals surface area (Å²) < 4.78 is 0.743. The van der Waals surface area contributed by atoms with Crippen LogP contribution in [0.2, 0.25) is 0 Å². The minimum absolute atomic E-state index is 0.000717. The van der Waals surface area contributed by atoms with Crippen molar-refractivity contribution in [2.24, 2.45) is 0 Å². The first kappa shape index (κ1) is 87.5. The van der Waals surface area contributed by atoms with Crippen molar-refractivity contribution in [3.8, 4) is 0 Å². The minimum atomic E-state index is -0.277. The molecule has 0 amide bonds. The van der Waals surface area contributed by atoms with E-state index in [2.05, 4.69) is 523 Å². The van der Waals surface area contributed by atoms with Crippen LogP contribution in [0.15, 0.2) is 261 Å². The highest BCUT2D eigenvalue weighted by Crippen LogP contribution is 2.52. The molecule has 0 radical (unpaired) electrons. The van der Waals surface area contributed by atoms with Gasteiger partial charge in [0.2, 0.25) is 11.4 Å². The SMILES string of the molecule is IB(I)I.[C-]#[N+]c1cc(C(C)(C)c2ccccc2)ccc1N(c1ccc(C(C)(C)C)cc1)c1cc(C)cc(N(c2ccc(C(C)(C)C)cc2)c2ccc(C(C)(C)C)cc2)c1.[C-]#[N+]c1cc(C(C)(C)c2ccccc2)ccc1N1c2ccc(C(C)(C)C)cc2B2c3cc(C(C)(C)C)ccc3N(c3ccc(C(C)(C)C)cc3)c3cc(C)cc1c32. The van der Waals surface area contributed by atoms with Gasteiger partial charge in [-0.15, -0.1) is 67.1 Å². The maximum Gasteiger partial charge on any atom is 0.355 e. The largest absolute Gasteiger partial charge is 0.355 e. The van der Waals surface area contributed by atoms with Gasteiger partial charge in [-0.05, 0) is 233 Å². The van der Waals surface area contributed by atoms with Crippen LogP contribution in [0.5, 0.6) is 0 Å². The summed E-state index contributed by atoms with van der Waals surface area (Å²) in [4.78, 5) is 18.0. The molecule has 2 heterocycles. The van der Waals surface area contributed by atoms with Gasteiger partial charge in [-0.3, -0.25) is 0 Å². The molecule has 0 bridgehead atoms. The van der Waals surface area contributed by atoms with E-state index in [1.807, 2.05) is 0 Å². The first-order valence-electron chi connectivity index (χ1n) is 41.0. The molecule has 0 aliphatic carbocycles. The van der Waals surface area contributed by atoms with Gasteiger partial charge in [-0.2, -0.15) is 0 Å². The average molecular weight is 1880 g/mol. The van der Waals surface area contributed by atoms with E-state index in [0.717, 1.165) is 73.8 Å². The maximum absolute atomic E-state index is 8.64. The van der Waals surface area contributed by atoms with Crippen LogP contribution in [0, 0.1) is 27.0 Å². The summed E-state index contributed by atoms with van der Waals surface area (Å²) in [6.07, 6.45) is 0. The van der Waals surface area contributed by atoms with Gasteiger partial charge in [0, 0.05) is 67.7 Å². The Kier molecular flexibility index (Phi) is 25.2. The van der Waals surface area contributed by atoms with E-state index in [4.69, 9.17) is 13.1 Å². The lowest BCUT2D eigenvalue weighted by atomic mass is 9.33. The van der Waals surface area contributed by atoms with Crippen LogP contribution in [-0.2, 0) is 43.3 Å². The van der Waals surface area contributed by atoms with E-state index >= 15 is 0 Å². The number of aryl methyl sites for hydroxylation is 2. The number of hydrogen-bond acceptors (Lipinski definition) is 4. The van der Waals surface area contributed by atoms with E-state index in [9.17, 15) is 0 Å². The summed E-state index contributed by atoms with van der Waals surface area (Å²) in [6, 6.07) is 96.0. The lowest BCUT2D eigenvalue weighted by Gasteiger charge is -2.45. The molecule has 0 aromatic heterocycles. The number of fused-ring (bicyclic) bond motifs is 4. The lowest BCUT2D eigenvalue weighted by Crippen LogP contribution is -2.61. The monoisotopic (exact) mass is 1870 g/mol. The third-order valence-electron chi connectivity index (χ3n) is 23.6. The Morgan fingerprint density at radius 1 is 0.291 bits per heavy atom. The van der Waals surface area contributed by atoms with Crippen molar-refractivity contribution in [3.63, 3.8) is 0 Å². The van der Waals surface area contributed by atoms with Gasteiger partial charge in [0.25, 0.3) is 6.71 Å². The Balaban J connectivity index is 0.000000206. The number of benzene rings is 12. The molecule has 596 valence electrons. The zero-order valence-electron chi connectivity index (χ0n) is 73.3. The van der Waals surface area contributed by atoms with Crippen molar-refractivity contribution < 1.29 is 0 Å². The third kappa shape index (κ3) is 18.8. The molecule has 12 aromatic carbocycles. The molecule has 0 saturated carbocycles. The van der Waals surface area contributed by atoms with E-state index in [-0.39, 0.29) is 50.0 Å². The fourth-order valence-corrected chi connectivity index (χ4v) is 16.4. The van der Waals surface area contributed by atoms with Crippen molar-refractivity contribution in [2.45, 2.75) is 209 Å². The molecule has 2 aliphatic heterocycles. The maximum atomic E-state index is 8.64. The second kappa shape index (κ2) is 33.7. The summed E-state index contributed by atoms with van der Waals surface area (Å²) in [5.74, 6) is 0. The summed E-state index contributed by atoms with van der Waals surface area (Å²) in [7, 11) is 0. The first-order chi connectivity index (χ1) is 54.8. The predicted octanol–water partition coefficient (Wildman–Crippen LogP) is 30.8. The topological polar surface area (TPSA) is 21.7 Å². The van der Waals surface area contributed by atoms with Gasteiger partial charge >= 0.3 is 0.282 Å². The highest BCUT2D eigenvalue weighted by Gasteiger charge is 2.45. The molecule has 12 aromatic rings. The smallest absolute Gasteiger partial charge is 0.321 e. The van der Waals surface area contributed by atoms with Gasteiger partial charge in [0.15, 0.2) is 0 Å². The Morgan fingerprint density at radius 3 is 1.00 bits per heavy atom. The molecule has 117 heavy (non-hydrogen) atoms. The van der Waals surface area contributed by atoms with Crippen LogP contribution < -0.4 is 36.0 Å². The van der Waals surface area contributed by atoms with E-state index in [1.165, 1.54) is 77.8 Å². The summed E-state index contributed by atoms with van der Waals surface area (Å²) >= 11 is 6.95. The average Bonchev–Trinajstić information content (AvgIpc) is 0.692. The molecule has 0 saturated heterocycles. The zero-order valence-corrected chi connectivity index (χ0v) is 79.8. The summed E-state index contributed by atoms with van der Waals surface area (Å²) in [5.41, 5.74) is 32.3. The second-order valence-electron chi connectivity index (χ2n) is 39.1. The van der Waals surface area contributed by atoms with Crippen molar-refractivity contribution in [2.75, 3.05) is 19.6 Å².